The van der Waals surface area contributed by atoms with Gasteiger partial charge in [-0.25, -0.2) is 4.98 Å². The number of benzene rings is 1. The molecule has 0 aliphatic heterocycles. The quantitative estimate of drug-likeness (QED) is 0.536. The first-order valence-corrected chi connectivity index (χ1v) is 10.7. The lowest BCUT2D eigenvalue weighted by Crippen LogP contribution is -2.22. The SMILES string of the molecule is CCc1cc(-c2noc(-c3cc(CC(C)C)cc(C)n3)n2)cc(C)c1OC[C@@H](O)CO. The molecule has 1 aromatic carbocycles. The first-order valence-electron chi connectivity index (χ1n) is 10.7. The summed E-state index contributed by atoms with van der Waals surface area (Å²) in [5.74, 6) is 2.14. The Morgan fingerprint density at radius 1 is 1.10 bits per heavy atom. The van der Waals surface area contributed by atoms with E-state index in [0.29, 0.717) is 29.1 Å². The Balaban J connectivity index is 1.90. The van der Waals surface area contributed by atoms with E-state index in [1.807, 2.05) is 39.0 Å². The van der Waals surface area contributed by atoms with Crippen molar-refractivity contribution in [1.29, 1.82) is 0 Å². The van der Waals surface area contributed by atoms with Gasteiger partial charge < -0.3 is 19.5 Å². The van der Waals surface area contributed by atoms with Gasteiger partial charge in [0.15, 0.2) is 0 Å². The molecule has 0 amide bonds. The number of aliphatic hydroxyl groups excluding tert-OH is 2. The number of aliphatic hydroxyl groups is 2. The highest BCUT2D eigenvalue weighted by atomic mass is 16.5. The van der Waals surface area contributed by atoms with Gasteiger partial charge >= 0.3 is 0 Å². The minimum Gasteiger partial charge on any atom is -0.490 e. The van der Waals surface area contributed by atoms with Crippen molar-refractivity contribution in [3.05, 3.63) is 46.6 Å². The molecular formula is C24H31N3O4. The summed E-state index contributed by atoms with van der Waals surface area (Å²) in [4.78, 5) is 9.16. The smallest absolute Gasteiger partial charge is 0.276 e. The zero-order valence-electron chi connectivity index (χ0n) is 18.8. The molecule has 0 bridgehead atoms. The molecule has 2 heterocycles. The van der Waals surface area contributed by atoms with Crippen molar-refractivity contribution < 1.29 is 19.5 Å². The predicted molar refractivity (Wildman–Crippen MR) is 119 cm³/mol. The zero-order chi connectivity index (χ0) is 22.5. The molecule has 7 nitrogen and oxygen atoms in total. The van der Waals surface area contributed by atoms with Crippen LogP contribution in [0.5, 0.6) is 5.75 Å². The average Bonchev–Trinajstić information content (AvgIpc) is 3.21. The van der Waals surface area contributed by atoms with Crippen LogP contribution < -0.4 is 4.74 Å². The molecule has 1 atom stereocenters. The van der Waals surface area contributed by atoms with Crippen LogP contribution in [0.4, 0.5) is 0 Å². The lowest BCUT2D eigenvalue weighted by molar-refractivity contribution is 0.0531. The normalized spacial score (nSPS) is 12.4. The highest BCUT2D eigenvalue weighted by molar-refractivity contribution is 5.63. The second-order valence-electron chi connectivity index (χ2n) is 8.31. The van der Waals surface area contributed by atoms with Gasteiger partial charge in [-0.3, -0.25) is 0 Å². The third-order valence-electron chi connectivity index (χ3n) is 4.92. The first-order chi connectivity index (χ1) is 14.8. The average molecular weight is 426 g/mol. The summed E-state index contributed by atoms with van der Waals surface area (Å²) < 4.78 is 11.3. The van der Waals surface area contributed by atoms with Crippen LogP contribution in [0.15, 0.2) is 28.8 Å². The third kappa shape index (κ3) is 5.68. The number of nitrogens with zero attached hydrogens (tertiary/aromatic N) is 3. The Bertz CT molecular complexity index is 1030. The van der Waals surface area contributed by atoms with Crippen LogP contribution in [0.2, 0.25) is 0 Å². The minimum absolute atomic E-state index is 0.0355. The fourth-order valence-electron chi connectivity index (χ4n) is 3.56. The Hall–Kier alpha value is -2.77. The maximum atomic E-state index is 9.59. The molecule has 0 saturated carbocycles. The van der Waals surface area contributed by atoms with E-state index in [0.717, 1.165) is 35.2 Å². The molecule has 31 heavy (non-hydrogen) atoms. The van der Waals surface area contributed by atoms with E-state index in [1.165, 1.54) is 5.56 Å². The Labute approximate surface area is 183 Å². The van der Waals surface area contributed by atoms with E-state index in [2.05, 4.69) is 35.0 Å². The van der Waals surface area contributed by atoms with Crippen molar-refractivity contribution in [2.24, 2.45) is 5.92 Å². The van der Waals surface area contributed by atoms with Crippen LogP contribution >= 0.6 is 0 Å². The Morgan fingerprint density at radius 3 is 2.55 bits per heavy atom. The number of pyridine rings is 1. The highest BCUT2D eigenvalue weighted by Gasteiger charge is 2.17. The third-order valence-corrected chi connectivity index (χ3v) is 4.92. The largest absolute Gasteiger partial charge is 0.490 e. The van der Waals surface area contributed by atoms with Gasteiger partial charge in [0.25, 0.3) is 5.89 Å². The van der Waals surface area contributed by atoms with Gasteiger partial charge in [0.2, 0.25) is 5.82 Å². The maximum absolute atomic E-state index is 9.59. The molecule has 0 radical (unpaired) electrons. The monoisotopic (exact) mass is 425 g/mol. The molecule has 2 aromatic heterocycles. The molecule has 2 N–H and O–H groups in total. The standard InChI is InChI=1S/C24H31N3O4/c1-6-18-11-19(8-15(4)22(18)30-13-20(29)12-28)23-26-24(31-27-23)21-10-17(7-14(2)3)9-16(5)25-21/h8-11,14,20,28-29H,6-7,12-13H2,1-5H3/t20-/m0/s1. The van der Waals surface area contributed by atoms with Crippen molar-refractivity contribution >= 4 is 0 Å². The topological polar surface area (TPSA) is 102 Å². The fraction of sp³-hybridized carbons (Fsp3) is 0.458. The van der Waals surface area contributed by atoms with Gasteiger partial charge in [-0.15, -0.1) is 0 Å². The van der Waals surface area contributed by atoms with Crippen molar-refractivity contribution in [3.63, 3.8) is 0 Å². The van der Waals surface area contributed by atoms with Gasteiger partial charge in [0, 0.05) is 11.3 Å². The number of hydrogen-bond acceptors (Lipinski definition) is 7. The molecule has 0 aliphatic carbocycles. The maximum Gasteiger partial charge on any atom is 0.276 e. The van der Waals surface area contributed by atoms with Crippen molar-refractivity contribution in [3.8, 4) is 28.7 Å². The van der Waals surface area contributed by atoms with Crippen LogP contribution in [0.3, 0.4) is 0 Å². The summed E-state index contributed by atoms with van der Waals surface area (Å²) in [6, 6.07) is 8.00. The number of ether oxygens (including phenoxy) is 1. The van der Waals surface area contributed by atoms with Gasteiger partial charge in [-0.2, -0.15) is 4.98 Å². The molecular weight excluding hydrogens is 394 g/mol. The van der Waals surface area contributed by atoms with Crippen molar-refractivity contribution in [2.75, 3.05) is 13.2 Å². The van der Waals surface area contributed by atoms with Gasteiger partial charge in [-0.1, -0.05) is 25.9 Å². The molecule has 0 spiro atoms. The summed E-state index contributed by atoms with van der Waals surface area (Å²) in [5, 5.41) is 22.8. The highest BCUT2D eigenvalue weighted by Crippen LogP contribution is 2.31. The van der Waals surface area contributed by atoms with E-state index >= 15 is 0 Å². The number of rotatable bonds is 9. The molecule has 0 fully saturated rings. The number of aryl methyl sites for hydroxylation is 3. The van der Waals surface area contributed by atoms with Crippen LogP contribution in [-0.4, -0.2) is 44.7 Å². The zero-order valence-corrected chi connectivity index (χ0v) is 18.8. The summed E-state index contributed by atoms with van der Waals surface area (Å²) in [7, 11) is 0. The van der Waals surface area contributed by atoms with E-state index in [1.54, 1.807) is 0 Å². The number of hydrogen-bond donors (Lipinski definition) is 2. The van der Waals surface area contributed by atoms with Crippen LogP contribution in [0, 0.1) is 19.8 Å². The van der Waals surface area contributed by atoms with E-state index in [9.17, 15) is 5.11 Å². The van der Waals surface area contributed by atoms with E-state index in [-0.39, 0.29) is 13.2 Å². The fourth-order valence-corrected chi connectivity index (χ4v) is 3.56. The molecule has 0 aliphatic rings. The van der Waals surface area contributed by atoms with Gasteiger partial charge in [-0.05, 0) is 73.6 Å². The van der Waals surface area contributed by atoms with Crippen LogP contribution in [0.25, 0.3) is 23.0 Å². The number of aromatic nitrogens is 3. The Kier molecular flexibility index (Phi) is 7.41. The molecule has 0 unspecified atom stereocenters. The molecule has 0 saturated heterocycles. The van der Waals surface area contributed by atoms with Gasteiger partial charge in [0.1, 0.15) is 24.2 Å². The molecule has 3 rings (SSSR count). The molecule has 3 aromatic rings. The molecule has 166 valence electrons. The lowest BCUT2D eigenvalue weighted by Gasteiger charge is -2.16. The van der Waals surface area contributed by atoms with Crippen LogP contribution in [-0.2, 0) is 12.8 Å². The lowest BCUT2D eigenvalue weighted by atomic mass is 10.0. The first kappa shape index (κ1) is 22.9. The summed E-state index contributed by atoms with van der Waals surface area (Å²) in [6.45, 7) is 10.0. The van der Waals surface area contributed by atoms with Crippen molar-refractivity contribution in [1.82, 2.24) is 15.1 Å². The Morgan fingerprint density at radius 2 is 1.87 bits per heavy atom. The molecule has 7 heteroatoms. The second-order valence-corrected chi connectivity index (χ2v) is 8.31. The summed E-state index contributed by atoms with van der Waals surface area (Å²) in [6.07, 6.45) is 0.788. The second kappa shape index (κ2) is 10.0. The van der Waals surface area contributed by atoms with Crippen molar-refractivity contribution in [2.45, 2.75) is 53.6 Å². The minimum atomic E-state index is -0.911. The predicted octanol–water partition coefficient (Wildman–Crippen LogP) is 3.91. The summed E-state index contributed by atoms with van der Waals surface area (Å²) in [5.41, 5.74) is 5.50. The van der Waals surface area contributed by atoms with E-state index < -0.39 is 6.10 Å². The van der Waals surface area contributed by atoms with E-state index in [4.69, 9.17) is 14.4 Å². The summed E-state index contributed by atoms with van der Waals surface area (Å²) >= 11 is 0. The van der Waals surface area contributed by atoms with Gasteiger partial charge in [0.05, 0.1) is 6.61 Å². The van der Waals surface area contributed by atoms with Crippen LogP contribution in [0.1, 0.15) is 43.2 Å².